The molecule has 0 aromatic carbocycles. The minimum Gasteiger partial charge on any atom is -0.368 e. The molecule has 1 aliphatic heterocycles. The number of carbonyl (C=O) groups excluding carboxylic acids is 1. The second-order valence-corrected chi connectivity index (χ2v) is 2.40. The number of rotatable bonds is 1. The van der Waals surface area contributed by atoms with Gasteiger partial charge in [-0.25, -0.2) is 0 Å². The van der Waals surface area contributed by atoms with Gasteiger partial charge in [0.05, 0.1) is 6.04 Å². The van der Waals surface area contributed by atoms with Gasteiger partial charge in [0.25, 0.3) is 0 Å². The maximum Gasteiger partial charge on any atom is 0.234 e. The number of carbonyl (C=O) groups is 1. The zero-order chi connectivity index (χ0) is 6.69. The number of primary amides is 1. The fraction of sp³-hybridized carbons (Fsp3) is 0.833. The standard InChI is InChI=1S/C6H12N2O/c7-6(9)5-3-1-2-4-8-5/h5,8H,1-4H2,(H2,7,9)/t5-/m0/s1. The van der Waals surface area contributed by atoms with E-state index in [4.69, 9.17) is 5.73 Å². The van der Waals surface area contributed by atoms with Gasteiger partial charge in [0.15, 0.2) is 0 Å². The Hall–Kier alpha value is -0.570. The highest BCUT2D eigenvalue weighted by molar-refractivity contribution is 5.79. The number of hydrogen-bond donors (Lipinski definition) is 2. The van der Waals surface area contributed by atoms with E-state index in [1.807, 2.05) is 0 Å². The molecule has 1 saturated heterocycles. The largest absolute Gasteiger partial charge is 0.368 e. The van der Waals surface area contributed by atoms with Gasteiger partial charge in [-0.2, -0.15) is 0 Å². The van der Waals surface area contributed by atoms with Crippen molar-refractivity contribution in [1.29, 1.82) is 0 Å². The molecular weight excluding hydrogens is 116 g/mol. The third kappa shape index (κ3) is 1.68. The highest BCUT2D eigenvalue weighted by Crippen LogP contribution is 2.05. The van der Waals surface area contributed by atoms with E-state index in [-0.39, 0.29) is 11.9 Å². The van der Waals surface area contributed by atoms with Gasteiger partial charge in [0.1, 0.15) is 0 Å². The molecule has 0 aromatic heterocycles. The first kappa shape index (κ1) is 6.55. The molecule has 3 heteroatoms. The summed E-state index contributed by atoms with van der Waals surface area (Å²) >= 11 is 0. The second-order valence-electron chi connectivity index (χ2n) is 2.40. The van der Waals surface area contributed by atoms with Crippen molar-refractivity contribution in [3.63, 3.8) is 0 Å². The number of nitrogens with one attached hydrogen (secondary N) is 1. The molecule has 1 aliphatic rings. The van der Waals surface area contributed by atoms with E-state index >= 15 is 0 Å². The molecule has 1 fully saturated rings. The number of amides is 1. The van der Waals surface area contributed by atoms with E-state index in [9.17, 15) is 4.79 Å². The van der Waals surface area contributed by atoms with Crippen LogP contribution in [0.4, 0.5) is 0 Å². The summed E-state index contributed by atoms with van der Waals surface area (Å²) in [6.07, 6.45) is 3.21. The van der Waals surface area contributed by atoms with Gasteiger partial charge in [0.2, 0.25) is 5.91 Å². The molecule has 0 radical (unpaired) electrons. The summed E-state index contributed by atoms with van der Waals surface area (Å²) in [7, 11) is 0. The van der Waals surface area contributed by atoms with E-state index in [2.05, 4.69) is 5.32 Å². The molecule has 52 valence electrons. The molecule has 0 bridgehead atoms. The Kier molecular flexibility index (Phi) is 2.05. The van der Waals surface area contributed by atoms with Crippen LogP contribution in [0.3, 0.4) is 0 Å². The Morgan fingerprint density at radius 2 is 2.33 bits per heavy atom. The Morgan fingerprint density at radius 3 is 2.67 bits per heavy atom. The van der Waals surface area contributed by atoms with E-state index < -0.39 is 0 Å². The molecule has 0 aromatic rings. The molecule has 1 atom stereocenters. The van der Waals surface area contributed by atoms with E-state index in [1.165, 1.54) is 6.42 Å². The lowest BCUT2D eigenvalue weighted by atomic mass is 10.1. The van der Waals surface area contributed by atoms with Gasteiger partial charge in [-0.05, 0) is 19.4 Å². The topological polar surface area (TPSA) is 55.1 Å². The summed E-state index contributed by atoms with van der Waals surface area (Å²) in [5.74, 6) is -0.213. The first-order valence-electron chi connectivity index (χ1n) is 3.33. The van der Waals surface area contributed by atoms with Crippen LogP contribution in [0, 0.1) is 0 Å². The Bertz CT molecular complexity index is 108. The molecule has 0 saturated carbocycles. The molecule has 1 amide bonds. The van der Waals surface area contributed by atoms with Gasteiger partial charge in [-0.3, -0.25) is 4.79 Å². The first-order valence-corrected chi connectivity index (χ1v) is 3.33. The van der Waals surface area contributed by atoms with Crippen molar-refractivity contribution in [2.24, 2.45) is 5.73 Å². The maximum atomic E-state index is 10.5. The molecule has 0 spiro atoms. The van der Waals surface area contributed by atoms with Crippen LogP contribution in [0.5, 0.6) is 0 Å². The van der Waals surface area contributed by atoms with Crippen molar-refractivity contribution in [2.45, 2.75) is 25.3 Å². The van der Waals surface area contributed by atoms with Gasteiger partial charge >= 0.3 is 0 Å². The zero-order valence-corrected chi connectivity index (χ0v) is 5.39. The fourth-order valence-corrected chi connectivity index (χ4v) is 1.09. The third-order valence-corrected chi connectivity index (χ3v) is 1.65. The summed E-state index contributed by atoms with van der Waals surface area (Å²) in [5.41, 5.74) is 5.07. The quantitative estimate of drug-likeness (QED) is 0.505. The van der Waals surface area contributed by atoms with Gasteiger partial charge in [-0.1, -0.05) is 6.42 Å². The van der Waals surface area contributed by atoms with Crippen LogP contribution in [-0.2, 0) is 4.79 Å². The Labute approximate surface area is 54.6 Å². The van der Waals surface area contributed by atoms with Gasteiger partial charge < -0.3 is 11.1 Å². The highest BCUT2D eigenvalue weighted by atomic mass is 16.1. The summed E-state index contributed by atoms with van der Waals surface area (Å²) < 4.78 is 0. The van der Waals surface area contributed by atoms with Gasteiger partial charge in [0, 0.05) is 0 Å². The van der Waals surface area contributed by atoms with Crippen LogP contribution in [0.15, 0.2) is 0 Å². The number of hydrogen-bond acceptors (Lipinski definition) is 2. The van der Waals surface area contributed by atoms with Crippen LogP contribution in [0.2, 0.25) is 0 Å². The second kappa shape index (κ2) is 2.82. The normalized spacial score (nSPS) is 27.8. The van der Waals surface area contributed by atoms with Crippen molar-refractivity contribution >= 4 is 5.91 Å². The Balaban J connectivity index is 2.31. The van der Waals surface area contributed by atoms with Crippen LogP contribution >= 0.6 is 0 Å². The zero-order valence-electron chi connectivity index (χ0n) is 5.39. The molecular formula is C6H12N2O. The summed E-state index contributed by atoms with van der Waals surface area (Å²) in [6, 6.07) is -0.0567. The van der Waals surface area contributed by atoms with E-state index in [0.29, 0.717) is 0 Å². The van der Waals surface area contributed by atoms with Crippen molar-refractivity contribution in [1.82, 2.24) is 5.32 Å². The van der Waals surface area contributed by atoms with E-state index in [1.54, 1.807) is 0 Å². The molecule has 3 nitrogen and oxygen atoms in total. The molecule has 3 N–H and O–H groups in total. The van der Waals surface area contributed by atoms with Crippen LogP contribution in [0.25, 0.3) is 0 Å². The predicted molar refractivity (Wildman–Crippen MR) is 34.8 cm³/mol. The average molecular weight is 128 g/mol. The summed E-state index contributed by atoms with van der Waals surface area (Å²) in [6.45, 7) is 0.938. The monoisotopic (exact) mass is 128 g/mol. The lowest BCUT2D eigenvalue weighted by Crippen LogP contribution is -2.44. The highest BCUT2D eigenvalue weighted by Gasteiger charge is 2.16. The van der Waals surface area contributed by atoms with Crippen LogP contribution in [-0.4, -0.2) is 18.5 Å². The van der Waals surface area contributed by atoms with Crippen LogP contribution < -0.4 is 11.1 Å². The SMILES string of the molecule is NC(=O)[C@@H]1CCCCN1. The molecule has 1 heterocycles. The van der Waals surface area contributed by atoms with Crippen molar-refractivity contribution in [3.05, 3.63) is 0 Å². The smallest absolute Gasteiger partial charge is 0.234 e. The third-order valence-electron chi connectivity index (χ3n) is 1.65. The summed E-state index contributed by atoms with van der Waals surface area (Å²) in [5, 5.41) is 3.04. The summed E-state index contributed by atoms with van der Waals surface area (Å²) in [4.78, 5) is 10.5. The molecule has 0 unspecified atom stereocenters. The average Bonchev–Trinajstić information content (AvgIpc) is 1.90. The molecule has 0 aliphatic carbocycles. The van der Waals surface area contributed by atoms with Crippen molar-refractivity contribution in [3.8, 4) is 0 Å². The lowest BCUT2D eigenvalue weighted by molar-refractivity contribution is -0.120. The van der Waals surface area contributed by atoms with E-state index in [0.717, 1.165) is 19.4 Å². The minimum absolute atomic E-state index is 0.0567. The molecule has 9 heavy (non-hydrogen) atoms. The first-order chi connectivity index (χ1) is 4.30. The lowest BCUT2D eigenvalue weighted by Gasteiger charge is -2.19. The van der Waals surface area contributed by atoms with Gasteiger partial charge in [-0.15, -0.1) is 0 Å². The van der Waals surface area contributed by atoms with Crippen LogP contribution in [0.1, 0.15) is 19.3 Å². The predicted octanol–water partition coefficient (Wildman–Crippen LogP) is -0.386. The van der Waals surface area contributed by atoms with Crippen molar-refractivity contribution in [2.75, 3.05) is 6.54 Å². The Morgan fingerprint density at radius 1 is 1.56 bits per heavy atom. The minimum atomic E-state index is -0.213. The number of nitrogens with two attached hydrogens (primary N) is 1. The molecule has 1 rings (SSSR count). The maximum absolute atomic E-state index is 10.5. The fourth-order valence-electron chi connectivity index (χ4n) is 1.09. The van der Waals surface area contributed by atoms with Crippen molar-refractivity contribution < 1.29 is 4.79 Å². The number of piperidine rings is 1.